The molecule has 0 atom stereocenters. The number of tetrazole rings is 1. The Balaban J connectivity index is 1.62. The highest BCUT2D eigenvalue weighted by Gasteiger charge is 2.12. The van der Waals surface area contributed by atoms with Gasteiger partial charge < -0.3 is 9.40 Å². The Labute approximate surface area is 125 Å². The van der Waals surface area contributed by atoms with Gasteiger partial charge in [0, 0.05) is 12.7 Å². The summed E-state index contributed by atoms with van der Waals surface area (Å²) in [6, 6.07) is 3.77. The largest absolute Gasteiger partial charge is 0.410 e. The molecule has 9 heteroatoms. The average Bonchev–Trinajstić information content (AvgIpc) is 3.22. The predicted octanol–water partition coefficient (Wildman–Crippen LogP) is 2.14. The minimum absolute atomic E-state index is 0.480. The van der Waals surface area contributed by atoms with E-state index in [1.807, 2.05) is 23.0 Å². The number of unbranched alkanes of at least 4 members (excludes halogenated alkanes) is 1. The lowest BCUT2D eigenvalue weighted by Crippen LogP contribution is -2.04. The molecule has 0 unspecified atom stereocenters. The molecule has 0 saturated heterocycles. The fourth-order valence-corrected chi connectivity index (χ4v) is 2.47. The third kappa shape index (κ3) is 3.30. The lowest BCUT2D eigenvalue weighted by molar-refractivity contribution is 0.464. The minimum Gasteiger partial charge on any atom is -0.410 e. The number of aromatic amines is 1. The van der Waals surface area contributed by atoms with Gasteiger partial charge in [-0.15, -0.1) is 15.3 Å². The Bertz CT molecular complexity index is 675. The lowest BCUT2D eigenvalue weighted by atomic mass is 10.3. The first-order valence-corrected chi connectivity index (χ1v) is 7.70. The standard InChI is InChI=1S/C12H15N7OS/c1-2-3-7-19-10(14-17-18-19)8-21-12-16-15-11(20-12)9-5-4-6-13-9/h4-6,13H,2-3,7-8H2,1H3. The van der Waals surface area contributed by atoms with Gasteiger partial charge in [0.05, 0.1) is 5.75 Å². The molecule has 8 nitrogen and oxygen atoms in total. The Morgan fingerprint density at radius 3 is 3.10 bits per heavy atom. The zero-order chi connectivity index (χ0) is 14.5. The Morgan fingerprint density at radius 1 is 1.33 bits per heavy atom. The molecule has 0 radical (unpaired) electrons. The van der Waals surface area contributed by atoms with Crippen LogP contribution in [0.15, 0.2) is 28.0 Å². The van der Waals surface area contributed by atoms with Crippen LogP contribution in [0.4, 0.5) is 0 Å². The molecule has 0 aliphatic heterocycles. The van der Waals surface area contributed by atoms with Gasteiger partial charge in [-0.2, -0.15) is 0 Å². The van der Waals surface area contributed by atoms with Crippen LogP contribution < -0.4 is 0 Å². The van der Waals surface area contributed by atoms with Crippen LogP contribution in [0.1, 0.15) is 25.6 Å². The van der Waals surface area contributed by atoms with Gasteiger partial charge in [-0.1, -0.05) is 25.1 Å². The van der Waals surface area contributed by atoms with Gasteiger partial charge in [0.1, 0.15) is 5.69 Å². The van der Waals surface area contributed by atoms with E-state index in [1.165, 1.54) is 11.8 Å². The van der Waals surface area contributed by atoms with Crippen LogP contribution in [-0.4, -0.2) is 35.4 Å². The molecular weight excluding hydrogens is 290 g/mol. The van der Waals surface area contributed by atoms with E-state index in [2.05, 4.69) is 37.6 Å². The van der Waals surface area contributed by atoms with Crippen molar-refractivity contribution in [2.75, 3.05) is 0 Å². The van der Waals surface area contributed by atoms with E-state index in [1.54, 1.807) is 0 Å². The number of hydrogen-bond donors (Lipinski definition) is 1. The molecule has 0 aliphatic rings. The van der Waals surface area contributed by atoms with E-state index in [0.29, 0.717) is 16.9 Å². The molecule has 0 aliphatic carbocycles. The van der Waals surface area contributed by atoms with Crippen LogP contribution in [0.3, 0.4) is 0 Å². The van der Waals surface area contributed by atoms with Crippen LogP contribution >= 0.6 is 11.8 Å². The first-order chi connectivity index (χ1) is 10.4. The van der Waals surface area contributed by atoms with Gasteiger partial charge in [-0.05, 0) is 29.0 Å². The van der Waals surface area contributed by atoms with Crippen LogP contribution in [0, 0.1) is 0 Å². The Kier molecular flexibility index (Phi) is 4.29. The third-order valence-electron chi connectivity index (χ3n) is 2.89. The van der Waals surface area contributed by atoms with E-state index < -0.39 is 0 Å². The molecule has 110 valence electrons. The summed E-state index contributed by atoms with van der Waals surface area (Å²) in [5.74, 6) is 1.89. The molecule has 3 rings (SSSR count). The van der Waals surface area contributed by atoms with E-state index in [0.717, 1.165) is 30.9 Å². The van der Waals surface area contributed by atoms with Crippen molar-refractivity contribution in [3.8, 4) is 11.6 Å². The van der Waals surface area contributed by atoms with Crippen LogP contribution in [0.25, 0.3) is 11.6 Å². The van der Waals surface area contributed by atoms with Gasteiger partial charge in [-0.25, -0.2) is 4.68 Å². The minimum atomic E-state index is 0.480. The number of hydrogen-bond acceptors (Lipinski definition) is 7. The van der Waals surface area contributed by atoms with Crippen molar-refractivity contribution in [1.29, 1.82) is 0 Å². The fraction of sp³-hybridized carbons (Fsp3) is 0.417. The summed E-state index contributed by atoms with van der Waals surface area (Å²) in [5, 5.41) is 20.2. The van der Waals surface area contributed by atoms with Gasteiger partial charge in [0.2, 0.25) is 0 Å². The van der Waals surface area contributed by atoms with Gasteiger partial charge in [-0.3, -0.25) is 0 Å². The molecule has 0 fully saturated rings. The fourth-order valence-electron chi connectivity index (χ4n) is 1.77. The van der Waals surface area contributed by atoms with Crippen molar-refractivity contribution in [2.45, 2.75) is 37.3 Å². The van der Waals surface area contributed by atoms with Gasteiger partial charge in [0.25, 0.3) is 11.1 Å². The summed E-state index contributed by atoms with van der Waals surface area (Å²) < 4.78 is 7.40. The number of thioether (sulfide) groups is 1. The Morgan fingerprint density at radius 2 is 2.29 bits per heavy atom. The number of H-pyrrole nitrogens is 1. The zero-order valence-electron chi connectivity index (χ0n) is 11.6. The van der Waals surface area contributed by atoms with E-state index >= 15 is 0 Å². The van der Waals surface area contributed by atoms with Gasteiger partial charge >= 0.3 is 0 Å². The molecule has 3 heterocycles. The molecule has 3 aromatic heterocycles. The van der Waals surface area contributed by atoms with E-state index in [9.17, 15) is 0 Å². The van der Waals surface area contributed by atoms with Crippen LogP contribution in [-0.2, 0) is 12.3 Å². The summed E-state index contributed by atoms with van der Waals surface area (Å²) in [6.07, 6.45) is 3.98. The maximum Gasteiger partial charge on any atom is 0.277 e. The summed E-state index contributed by atoms with van der Waals surface area (Å²) in [4.78, 5) is 3.03. The van der Waals surface area contributed by atoms with Crippen molar-refractivity contribution in [3.63, 3.8) is 0 Å². The van der Waals surface area contributed by atoms with Crippen molar-refractivity contribution in [1.82, 2.24) is 35.4 Å². The first kappa shape index (κ1) is 13.8. The van der Waals surface area contributed by atoms with Crippen LogP contribution in [0.5, 0.6) is 0 Å². The number of nitrogens with zero attached hydrogens (tertiary/aromatic N) is 6. The van der Waals surface area contributed by atoms with E-state index in [4.69, 9.17) is 4.42 Å². The van der Waals surface area contributed by atoms with E-state index in [-0.39, 0.29) is 0 Å². The third-order valence-corrected chi connectivity index (χ3v) is 3.70. The molecule has 0 spiro atoms. The first-order valence-electron chi connectivity index (χ1n) is 6.72. The second-order valence-electron chi connectivity index (χ2n) is 4.42. The number of rotatable bonds is 7. The number of aromatic nitrogens is 7. The molecule has 0 amide bonds. The molecule has 1 N–H and O–H groups in total. The highest BCUT2D eigenvalue weighted by molar-refractivity contribution is 7.98. The molecule has 0 saturated carbocycles. The summed E-state index contributed by atoms with van der Waals surface area (Å²) >= 11 is 1.43. The molecule has 3 aromatic rings. The summed E-state index contributed by atoms with van der Waals surface area (Å²) in [6.45, 7) is 2.97. The maximum absolute atomic E-state index is 5.58. The zero-order valence-corrected chi connectivity index (χ0v) is 12.4. The molecule has 0 bridgehead atoms. The number of aryl methyl sites for hydroxylation is 1. The maximum atomic E-state index is 5.58. The SMILES string of the molecule is CCCCn1nnnc1CSc1nnc(-c2ccc[nH]2)o1. The number of nitrogens with one attached hydrogen (secondary N) is 1. The van der Waals surface area contributed by atoms with Crippen LogP contribution in [0.2, 0.25) is 0 Å². The summed E-state index contributed by atoms with van der Waals surface area (Å²) in [7, 11) is 0. The quantitative estimate of drug-likeness (QED) is 0.668. The highest BCUT2D eigenvalue weighted by atomic mass is 32.2. The molecule has 21 heavy (non-hydrogen) atoms. The van der Waals surface area contributed by atoms with Gasteiger partial charge in [0.15, 0.2) is 5.82 Å². The smallest absolute Gasteiger partial charge is 0.277 e. The van der Waals surface area contributed by atoms with Crippen molar-refractivity contribution < 1.29 is 4.42 Å². The molecule has 0 aromatic carbocycles. The van der Waals surface area contributed by atoms with Crippen molar-refractivity contribution >= 4 is 11.8 Å². The van der Waals surface area contributed by atoms with Crippen molar-refractivity contribution in [2.24, 2.45) is 0 Å². The monoisotopic (exact) mass is 305 g/mol. The normalized spacial score (nSPS) is 11.1. The van der Waals surface area contributed by atoms with Crippen molar-refractivity contribution in [3.05, 3.63) is 24.2 Å². The summed E-state index contributed by atoms with van der Waals surface area (Å²) in [5.41, 5.74) is 0.808. The Hall–Kier alpha value is -2.16. The second-order valence-corrected chi connectivity index (χ2v) is 5.34. The average molecular weight is 305 g/mol. The molecular formula is C12H15N7OS. The predicted molar refractivity (Wildman–Crippen MR) is 76.4 cm³/mol. The second kappa shape index (κ2) is 6.53. The topological polar surface area (TPSA) is 98.3 Å². The lowest BCUT2D eigenvalue weighted by Gasteiger charge is -2.01. The highest BCUT2D eigenvalue weighted by Crippen LogP contribution is 2.24.